The Morgan fingerprint density at radius 3 is 2.58 bits per heavy atom. The quantitative estimate of drug-likeness (QED) is 0.827. The highest BCUT2D eigenvalue weighted by molar-refractivity contribution is 5.81. The molecule has 0 radical (unpaired) electrons. The summed E-state index contributed by atoms with van der Waals surface area (Å²) in [5.74, 6) is 0.194. The van der Waals surface area contributed by atoms with Crippen molar-refractivity contribution in [2.45, 2.75) is 45.7 Å². The van der Waals surface area contributed by atoms with E-state index in [1.165, 1.54) is 5.56 Å². The van der Waals surface area contributed by atoms with Crippen LogP contribution < -0.4 is 0 Å². The lowest BCUT2D eigenvalue weighted by atomic mass is 10.0. The predicted octanol–water partition coefficient (Wildman–Crippen LogP) is 3.36. The van der Waals surface area contributed by atoms with E-state index in [0.717, 1.165) is 43.9 Å². The van der Waals surface area contributed by atoms with E-state index in [4.69, 9.17) is 0 Å². The molecular weight excluding hydrogens is 324 g/mol. The highest BCUT2D eigenvalue weighted by atomic mass is 16.2. The van der Waals surface area contributed by atoms with Crippen LogP contribution in [0.3, 0.4) is 0 Å². The summed E-state index contributed by atoms with van der Waals surface area (Å²) in [4.78, 5) is 18.0. The highest BCUT2D eigenvalue weighted by Gasteiger charge is 2.35. The van der Waals surface area contributed by atoms with Gasteiger partial charge in [-0.1, -0.05) is 43.7 Å². The van der Waals surface area contributed by atoms with Crippen LogP contribution in [0, 0.1) is 13.8 Å². The number of benzene rings is 1. The topological polar surface area (TPSA) is 41.4 Å². The molecule has 2 heterocycles. The Bertz CT molecular complexity index is 740. The van der Waals surface area contributed by atoms with Gasteiger partial charge in [0.1, 0.15) is 6.04 Å². The van der Waals surface area contributed by atoms with E-state index in [9.17, 15) is 4.79 Å². The third kappa shape index (κ3) is 3.83. The summed E-state index contributed by atoms with van der Waals surface area (Å²) in [7, 11) is 2.13. The van der Waals surface area contributed by atoms with Crippen molar-refractivity contribution in [3.8, 4) is 0 Å². The number of piperazine rings is 1. The number of likely N-dealkylation sites (N-methyl/N-ethyl adjacent to an activating group) is 1. The zero-order valence-corrected chi connectivity index (χ0v) is 16.4. The molecule has 1 amide bonds. The van der Waals surface area contributed by atoms with Crippen molar-refractivity contribution in [3.05, 3.63) is 53.3 Å². The lowest BCUT2D eigenvalue weighted by Crippen LogP contribution is -2.51. The third-order valence-electron chi connectivity index (χ3n) is 5.24. The molecule has 140 valence electrons. The number of hydrogen-bond donors (Lipinski definition) is 0. The first kappa shape index (κ1) is 18.6. The van der Waals surface area contributed by atoms with Crippen molar-refractivity contribution in [1.29, 1.82) is 0 Å². The molecule has 3 rings (SSSR count). The number of rotatable bonds is 5. The fourth-order valence-corrected chi connectivity index (χ4v) is 3.92. The van der Waals surface area contributed by atoms with Crippen LogP contribution in [0.1, 0.15) is 48.8 Å². The van der Waals surface area contributed by atoms with E-state index >= 15 is 0 Å². The van der Waals surface area contributed by atoms with Crippen molar-refractivity contribution in [2.24, 2.45) is 0 Å². The van der Waals surface area contributed by atoms with Crippen LogP contribution in [-0.2, 0) is 4.79 Å². The molecule has 26 heavy (non-hydrogen) atoms. The van der Waals surface area contributed by atoms with Crippen molar-refractivity contribution >= 4 is 5.91 Å². The van der Waals surface area contributed by atoms with Gasteiger partial charge in [0, 0.05) is 25.3 Å². The summed E-state index contributed by atoms with van der Waals surface area (Å²) in [6.07, 6.45) is 1.77. The predicted molar refractivity (Wildman–Crippen MR) is 104 cm³/mol. The number of carbonyl (C=O) groups excluding carboxylic acids is 1. The molecule has 5 heteroatoms. The zero-order valence-electron chi connectivity index (χ0n) is 16.4. The molecule has 2 atom stereocenters. The van der Waals surface area contributed by atoms with Crippen molar-refractivity contribution in [3.63, 3.8) is 0 Å². The summed E-state index contributed by atoms with van der Waals surface area (Å²) in [6, 6.07) is 12.3. The van der Waals surface area contributed by atoms with Crippen LogP contribution in [0.4, 0.5) is 0 Å². The largest absolute Gasteiger partial charge is 0.331 e. The molecule has 2 unspecified atom stereocenters. The maximum absolute atomic E-state index is 13.6. The molecule has 2 aromatic rings. The van der Waals surface area contributed by atoms with E-state index in [-0.39, 0.29) is 18.0 Å². The molecule has 1 aliphatic heterocycles. The minimum Gasteiger partial charge on any atom is -0.331 e. The van der Waals surface area contributed by atoms with E-state index in [1.54, 1.807) is 0 Å². The van der Waals surface area contributed by atoms with Gasteiger partial charge in [0.15, 0.2) is 0 Å². The number of carbonyl (C=O) groups is 1. The summed E-state index contributed by atoms with van der Waals surface area (Å²) >= 11 is 0. The maximum Gasteiger partial charge on any atom is 0.248 e. The van der Waals surface area contributed by atoms with E-state index in [2.05, 4.69) is 59.2 Å². The fourth-order valence-electron chi connectivity index (χ4n) is 3.92. The summed E-state index contributed by atoms with van der Waals surface area (Å²) in [5.41, 5.74) is 3.23. The van der Waals surface area contributed by atoms with Crippen molar-refractivity contribution in [2.75, 3.05) is 26.7 Å². The Hall–Kier alpha value is -2.14. The second kappa shape index (κ2) is 8.04. The normalized spacial score (nSPS) is 19.5. The second-order valence-electron chi connectivity index (χ2n) is 7.40. The highest BCUT2D eigenvalue weighted by Crippen LogP contribution is 2.29. The van der Waals surface area contributed by atoms with Gasteiger partial charge in [-0.25, -0.2) is 0 Å². The summed E-state index contributed by atoms with van der Waals surface area (Å²) in [5, 5.41) is 4.62. The summed E-state index contributed by atoms with van der Waals surface area (Å²) in [6.45, 7) is 8.68. The van der Waals surface area contributed by atoms with E-state index < -0.39 is 0 Å². The van der Waals surface area contributed by atoms with Gasteiger partial charge in [-0.2, -0.15) is 5.10 Å². The Morgan fingerprint density at radius 1 is 1.23 bits per heavy atom. The van der Waals surface area contributed by atoms with Crippen LogP contribution in [0.5, 0.6) is 0 Å². The summed E-state index contributed by atoms with van der Waals surface area (Å²) < 4.78 is 1.93. The van der Waals surface area contributed by atoms with Crippen molar-refractivity contribution in [1.82, 2.24) is 19.6 Å². The SMILES string of the molecule is CCCC(C(=O)N1CCN(C)CC1c1ccccc1)n1nc(C)cc1C. The fraction of sp³-hybridized carbons (Fsp3) is 0.524. The molecule has 0 spiro atoms. The smallest absolute Gasteiger partial charge is 0.248 e. The molecule has 1 aliphatic rings. The van der Waals surface area contributed by atoms with Gasteiger partial charge in [0.2, 0.25) is 5.91 Å². The Labute approximate surface area is 156 Å². The van der Waals surface area contributed by atoms with Crippen LogP contribution in [0.15, 0.2) is 36.4 Å². The molecule has 1 fully saturated rings. The van der Waals surface area contributed by atoms with Gasteiger partial charge in [-0.3, -0.25) is 9.48 Å². The van der Waals surface area contributed by atoms with Gasteiger partial charge in [-0.15, -0.1) is 0 Å². The Morgan fingerprint density at radius 2 is 1.96 bits per heavy atom. The van der Waals surface area contributed by atoms with Crippen LogP contribution in [0.2, 0.25) is 0 Å². The molecule has 1 aromatic heterocycles. The monoisotopic (exact) mass is 354 g/mol. The maximum atomic E-state index is 13.6. The molecule has 0 bridgehead atoms. The molecule has 1 saturated heterocycles. The molecule has 0 saturated carbocycles. The Balaban J connectivity index is 1.92. The molecule has 0 N–H and O–H groups in total. The van der Waals surface area contributed by atoms with Crippen LogP contribution in [0.25, 0.3) is 0 Å². The first-order valence-corrected chi connectivity index (χ1v) is 9.58. The Kier molecular flexibility index (Phi) is 5.77. The number of amides is 1. The number of hydrogen-bond acceptors (Lipinski definition) is 3. The average molecular weight is 354 g/mol. The molecule has 1 aromatic carbocycles. The first-order valence-electron chi connectivity index (χ1n) is 9.58. The lowest BCUT2D eigenvalue weighted by molar-refractivity contribution is -0.140. The number of aryl methyl sites for hydroxylation is 2. The third-order valence-corrected chi connectivity index (χ3v) is 5.24. The van der Waals surface area contributed by atoms with E-state index in [1.807, 2.05) is 24.6 Å². The molecule has 0 aliphatic carbocycles. The van der Waals surface area contributed by atoms with Gasteiger partial charge in [0.05, 0.1) is 11.7 Å². The van der Waals surface area contributed by atoms with E-state index in [0.29, 0.717) is 0 Å². The van der Waals surface area contributed by atoms with Gasteiger partial charge in [0.25, 0.3) is 0 Å². The van der Waals surface area contributed by atoms with Crippen molar-refractivity contribution < 1.29 is 4.79 Å². The number of aromatic nitrogens is 2. The van der Waals surface area contributed by atoms with Crippen LogP contribution in [-0.4, -0.2) is 52.2 Å². The minimum atomic E-state index is -0.219. The van der Waals surface area contributed by atoms with Crippen LogP contribution >= 0.6 is 0 Å². The minimum absolute atomic E-state index is 0.0961. The zero-order chi connectivity index (χ0) is 18.7. The molecule has 5 nitrogen and oxygen atoms in total. The second-order valence-corrected chi connectivity index (χ2v) is 7.40. The number of nitrogens with zero attached hydrogens (tertiary/aromatic N) is 4. The van der Waals surface area contributed by atoms with Gasteiger partial charge >= 0.3 is 0 Å². The lowest BCUT2D eigenvalue weighted by Gasteiger charge is -2.42. The standard InChI is InChI=1S/C21H30N4O/c1-5-9-19(25-17(3)14-16(2)22-25)21(26)24-13-12-23(4)15-20(24)18-10-7-6-8-11-18/h6-8,10-11,14,19-20H,5,9,12-13,15H2,1-4H3. The molecular formula is C21H30N4O. The first-order chi connectivity index (χ1) is 12.5. The van der Waals surface area contributed by atoms with Gasteiger partial charge < -0.3 is 9.80 Å². The van der Waals surface area contributed by atoms with Gasteiger partial charge in [-0.05, 0) is 38.9 Å². The average Bonchev–Trinajstić information content (AvgIpc) is 2.97.